The average molecular weight is 260 g/mol. The second-order valence-corrected chi connectivity index (χ2v) is 5.39. The van der Waals surface area contributed by atoms with Crippen LogP contribution in [0, 0.1) is 6.92 Å². The van der Waals surface area contributed by atoms with Gasteiger partial charge in [-0.15, -0.1) is 0 Å². The highest BCUT2D eigenvalue weighted by Gasteiger charge is 2.18. The van der Waals surface area contributed by atoms with Gasteiger partial charge >= 0.3 is 0 Å². The maximum absolute atomic E-state index is 11.7. The normalized spacial score (nSPS) is 16.6. The third kappa shape index (κ3) is 4.06. The first kappa shape index (κ1) is 14.1. The molecule has 0 bridgehead atoms. The molecular weight excluding hydrogens is 236 g/mol. The molecule has 19 heavy (non-hydrogen) atoms. The highest BCUT2D eigenvalue weighted by atomic mass is 16.1. The minimum Gasteiger partial charge on any atom is -0.369 e. The third-order valence-corrected chi connectivity index (χ3v) is 3.67. The zero-order valence-corrected chi connectivity index (χ0v) is 12.1. The Kier molecular flexibility index (Phi) is 4.97. The molecule has 1 fully saturated rings. The summed E-state index contributed by atoms with van der Waals surface area (Å²) < 4.78 is 0. The smallest absolute Gasteiger partial charge is 0.146 e. The summed E-state index contributed by atoms with van der Waals surface area (Å²) in [5.41, 5.74) is 2.61. The van der Waals surface area contributed by atoms with Crippen molar-refractivity contribution in [1.29, 1.82) is 0 Å². The van der Waals surface area contributed by atoms with Crippen molar-refractivity contribution >= 4 is 11.5 Å². The van der Waals surface area contributed by atoms with Gasteiger partial charge in [-0.25, -0.2) is 0 Å². The molecule has 1 saturated heterocycles. The van der Waals surface area contributed by atoms with E-state index in [0.29, 0.717) is 12.3 Å². The molecule has 0 N–H and O–H groups in total. The number of hydrogen-bond acceptors (Lipinski definition) is 3. The van der Waals surface area contributed by atoms with E-state index in [0.717, 1.165) is 39.0 Å². The Hall–Kier alpha value is -1.35. The van der Waals surface area contributed by atoms with Crippen LogP contribution in [0.2, 0.25) is 0 Å². The van der Waals surface area contributed by atoms with E-state index in [2.05, 4.69) is 47.9 Å². The Morgan fingerprint density at radius 2 is 1.95 bits per heavy atom. The van der Waals surface area contributed by atoms with Gasteiger partial charge in [0.15, 0.2) is 0 Å². The molecule has 1 aromatic rings. The Morgan fingerprint density at radius 3 is 2.58 bits per heavy atom. The van der Waals surface area contributed by atoms with Crippen molar-refractivity contribution in [1.82, 2.24) is 4.90 Å². The van der Waals surface area contributed by atoms with Gasteiger partial charge in [-0.3, -0.25) is 9.69 Å². The summed E-state index contributed by atoms with van der Waals surface area (Å²) in [7, 11) is 0. The van der Waals surface area contributed by atoms with Gasteiger partial charge in [0.05, 0.1) is 6.54 Å². The van der Waals surface area contributed by atoms with Gasteiger partial charge in [0.2, 0.25) is 0 Å². The van der Waals surface area contributed by atoms with Gasteiger partial charge in [0, 0.05) is 38.3 Å². The second kappa shape index (κ2) is 6.71. The van der Waals surface area contributed by atoms with Crippen molar-refractivity contribution in [3.05, 3.63) is 29.8 Å². The molecule has 1 aliphatic rings. The van der Waals surface area contributed by atoms with Crippen molar-refractivity contribution in [2.45, 2.75) is 26.7 Å². The molecule has 1 heterocycles. The molecule has 1 aromatic carbocycles. The maximum Gasteiger partial charge on any atom is 0.146 e. The van der Waals surface area contributed by atoms with Crippen LogP contribution in [0.15, 0.2) is 24.3 Å². The number of aryl methyl sites for hydroxylation is 1. The van der Waals surface area contributed by atoms with Gasteiger partial charge < -0.3 is 4.90 Å². The minimum atomic E-state index is 0.381. The number of Topliss-reactive ketones (excluding diaryl/α,β-unsaturated/α-hetero) is 1. The van der Waals surface area contributed by atoms with Crippen LogP contribution in [-0.2, 0) is 4.79 Å². The van der Waals surface area contributed by atoms with Crippen LogP contribution in [-0.4, -0.2) is 43.4 Å². The van der Waals surface area contributed by atoms with Crippen LogP contribution in [0.1, 0.15) is 25.3 Å². The molecule has 0 aromatic heterocycles. The summed E-state index contributed by atoms with van der Waals surface area (Å²) in [5, 5.41) is 0. The molecule has 104 valence electrons. The summed E-state index contributed by atoms with van der Waals surface area (Å²) in [5.74, 6) is 0.381. The van der Waals surface area contributed by atoms with Crippen molar-refractivity contribution in [2.75, 3.05) is 37.6 Å². The Bertz CT molecular complexity index is 423. The number of anilines is 1. The molecule has 0 amide bonds. The van der Waals surface area contributed by atoms with E-state index in [4.69, 9.17) is 0 Å². The average Bonchev–Trinajstić information content (AvgIpc) is 2.40. The molecule has 0 unspecified atom stereocenters. The molecule has 1 aliphatic heterocycles. The molecule has 0 saturated carbocycles. The van der Waals surface area contributed by atoms with Crippen molar-refractivity contribution < 1.29 is 4.79 Å². The highest BCUT2D eigenvalue weighted by Crippen LogP contribution is 2.17. The van der Waals surface area contributed by atoms with E-state index in [1.54, 1.807) is 0 Å². The number of piperazine rings is 1. The molecule has 3 nitrogen and oxygen atoms in total. The molecule has 0 spiro atoms. The fourth-order valence-electron chi connectivity index (χ4n) is 2.60. The van der Waals surface area contributed by atoms with Gasteiger partial charge in [-0.1, -0.05) is 19.1 Å². The maximum atomic E-state index is 11.7. The Morgan fingerprint density at radius 1 is 1.21 bits per heavy atom. The second-order valence-electron chi connectivity index (χ2n) is 5.39. The molecule has 0 aliphatic carbocycles. The number of rotatable bonds is 5. The Balaban J connectivity index is 1.84. The predicted octanol–water partition coefficient (Wildman–Crippen LogP) is 2.49. The summed E-state index contributed by atoms with van der Waals surface area (Å²) >= 11 is 0. The third-order valence-electron chi connectivity index (χ3n) is 3.67. The van der Waals surface area contributed by atoms with Crippen molar-refractivity contribution in [3.8, 4) is 0 Å². The quantitative estimate of drug-likeness (QED) is 0.812. The van der Waals surface area contributed by atoms with E-state index >= 15 is 0 Å². The van der Waals surface area contributed by atoms with E-state index in [-0.39, 0.29) is 0 Å². The summed E-state index contributed by atoms with van der Waals surface area (Å²) in [6.07, 6.45) is 1.68. The number of carbonyl (C=O) groups is 1. The lowest BCUT2D eigenvalue weighted by Crippen LogP contribution is -2.48. The van der Waals surface area contributed by atoms with Crippen molar-refractivity contribution in [2.24, 2.45) is 0 Å². The molecule has 0 radical (unpaired) electrons. The molecular formula is C16H24N2O. The van der Waals surface area contributed by atoms with E-state index in [1.165, 1.54) is 11.3 Å². The highest BCUT2D eigenvalue weighted by molar-refractivity contribution is 5.80. The van der Waals surface area contributed by atoms with Crippen LogP contribution in [0.3, 0.4) is 0 Å². The van der Waals surface area contributed by atoms with Crippen LogP contribution >= 0.6 is 0 Å². The molecule has 3 heteroatoms. The van der Waals surface area contributed by atoms with Gasteiger partial charge in [-0.2, -0.15) is 0 Å². The Labute approximate surface area is 116 Å². The largest absolute Gasteiger partial charge is 0.369 e. The van der Waals surface area contributed by atoms with Gasteiger partial charge in [0.1, 0.15) is 5.78 Å². The SMILES string of the molecule is CCCC(=O)CN1CCN(c2cccc(C)c2)CC1. The fraction of sp³-hybridized carbons (Fsp3) is 0.562. The monoisotopic (exact) mass is 260 g/mol. The number of nitrogens with zero attached hydrogens (tertiary/aromatic N) is 2. The number of hydrogen-bond donors (Lipinski definition) is 0. The summed E-state index contributed by atoms with van der Waals surface area (Å²) in [4.78, 5) is 16.3. The predicted molar refractivity (Wildman–Crippen MR) is 79.7 cm³/mol. The molecule has 2 rings (SSSR count). The number of benzene rings is 1. The van der Waals surface area contributed by atoms with E-state index in [9.17, 15) is 4.79 Å². The topological polar surface area (TPSA) is 23.6 Å². The standard InChI is InChI=1S/C16H24N2O/c1-3-5-16(19)13-17-8-10-18(11-9-17)15-7-4-6-14(2)12-15/h4,6-7,12H,3,5,8-11,13H2,1-2H3. The first-order chi connectivity index (χ1) is 9.19. The zero-order valence-electron chi connectivity index (χ0n) is 12.1. The minimum absolute atomic E-state index is 0.381. The zero-order chi connectivity index (χ0) is 13.7. The van der Waals surface area contributed by atoms with Gasteiger partial charge in [0.25, 0.3) is 0 Å². The van der Waals surface area contributed by atoms with Crippen LogP contribution < -0.4 is 4.90 Å². The molecule has 0 atom stereocenters. The first-order valence-corrected chi connectivity index (χ1v) is 7.24. The lowest BCUT2D eigenvalue weighted by atomic mass is 10.1. The lowest BCUT2D eigenvalue weighted by molar-refractivity contribution is -0.120. The summed E-state index contributed by atoms with van der Waals surface area (Å²) in [6.45, 7) is 8.84. The van der Waals surface area contributed by atoms with Crippen LogP contribution in [0.25, 0.3) is 0 Å². The van der Waals surface area contributed by atoms with Crippen LogP contribution in [0.4, 0.5) is 5.69 Å². The number of ketones is 1. The van der Waals surface area contributed by atoms with E-state index < -0.39 is 0 Å². The first-order valence-electron chi connectivity index (χ1n) is 7.24. The lowest BCUT2D eigenvalue weighted by Gasteiger charge is -2.35. The van der Waals surface area contributed by atoms with Gasteiger partial charge in [-0.05, 0) is 31.0 Å². The van der Waals surface area contributed by atoms with Crippen molar-refractivity contribution in [3.63, 3.8) is 0 Å². The summed E-state index contributed by atoms with van der Waals surface area (Å²) in [6, 6.07) is 8.65. The fourth-order valence-corrected chi connectivity index (χ4v) is 2.60. The van der Waals surface area contributed by atoms with E-state index in [1.807, 2.05) is 0 Å². The number of carbonyl (C=O) groups excluding carboxylic acids is 1. The van der Waals surface area contributed by atoms with Crippen LogP contribution in [0.5, 0.6) is 0 Å².